The van der Waals surface area contributed by atoms with Crippen LogP contribution in [0.5, 0.6) is 0 Å². The average Bonchev–Trinajstić information content (AvgIpc) is 1.89. The number of ether oxygens (including phenoxy) is 1. The van der Waals surface area contributed by atoms with Gasteiger partial charge in [-0.25, -0.2) is 4.21 Å². The molecule has 2 unspecified atom stereocenters. The molecule has 1 N–H and O–H groups in total. The maximum absolute atomic E-state index is 10.5. The summed E-state index contributed by atoms with van der Waals surface area (Å²) in [6, 6.07) is 0. The Morgan fingerprint density at radius 2 is 2.30 bits per heavy atom. The van der Waals surface area contributed by atoms with E-state index in [0.29, 0.717) is 13.0 Å². The molecule has 0 aliphatic carbocycles. The second kappa shape index (κ2) is 5.82. The molecule has 0 aliphatic rings. The van der Waals surface area contributed by atoms with Crippen molar-refractivity contribution >= 4 is 11.1 Å². The monoisotopic (exact) mass is 166 g/mol. The zero-order valence-corrected chi connectivity index (χ0v) is 7.19. The van der Waals surface area contributed by atoms with Gasteiger partial charge in [0.2, 0.25) is 0 Å². The lowest BCUT2D eigenvalue weighted by molar-refractivity contribution is 0.193. The summed E-state index contributed by atoms with van der Waals surface area (Å²) in [6.07, 6.45) is 1.39. The van der Waals surface area contributed by atoms with Gasteiger partial charge in [-0.2, -0.15) is 0 Å². The van der Waals surface area contributed by atoms with Crippen LogP contribution in [0.1, 0.15) is 19.8 Å². The Bertz CT molecular complexity index is 105. The van der Waals surface area contributed by atoms with Gasteiger partial charge in [0.25, 0.3) is 0 Å². The van der Waals surface area contributed by atoms with E-state index in [1.807, 2.05) is 6.92 Å². The Hall–Kier alpha value is 0.0700. The summed E-state index contributed by atoms with van der Waals surface area (Å²) in [5.41, 5.74) is 0. The van der Waals surface area contributed by atoms with Gasteiger partial charge >= 0.3 is 0 Å². The van der Waals surface area contributed by atoms with Crippen molar-refractivity contribution < 1.29 is 13.5 Å². The largest absolute Gasteiger partial charge is 0.385 e. The maximum atomic E-state index is 10.5. The molecule has 0 amide bonds. The summed E-state index contributed by atoms with van der Waals surface area (Å²) < 4.78 is 23.9. The van der Waals surface area contributed by atoms with Crippen molar-refractivity contribution in [1.82, 2.24) is 0 Å². The minimum Gasteiger partial charge on any atom is -0.385 e. The van der Waals surface area contributed by atoms with Gasteiger partial charge in [0.15, 0.2) is 11.1 Å². The lowest BCUT2D eigenvalue weighted by atomic mass is 10.2. The molecule has 0 rings (SSSR count). The molecule has 0 saturated carbocycles. The zero-order valence-electron chi connectivity index (χ0n) is 6.37. The smallest absolute Gasteiger partial charge is 0.156 e. The van der Waals surface area contributed by atoms with Crippen LogP contribution in [0.25, 0.3) is 0 Å². The van der Waals surface area contributed by atoms with Crippen molar-refractivity contribution in [2.75, 3.05) is 13.7 Å². The first kappa shape index (κ1) is 10.1. The highest BCUT2D eigenvalue weighted by Crippen LogP contribution is 2.04. The molecule has 0 spiro atoms. The first-order chi connectivity index (χ1) is 4.72. The molecular formula is C6H14O3S. The van der Waals surface area contributed by atoms with Crippen LogP contribution in [0.15, 0.2) is 0 Å². The van der Waals surface area contributed by atoms with Gasteiger partial charge in [-0.15, -0.1) is 0 Å². The molecule has 0 aromatic rings. The summed E-state index contributed by atoms with van der Waals surface area (Å²) in [5, 5.41) is -0.125. The third-order valence-electron chi connectivity index (χ3n) is 1.38. The molecule has 0 radical (unpaired) electrons. The van der Waals surface area contributed by atoms with Crippen molar-refractivity contribution in [3.63, 3.8) is 0 Å². The van der Waals surface area contributed by atoms with Crippen molar-refractivity contribution in [3.05, 3.63) is 0 Å². The van der Waals surface area contributed by atoms with E-state index in [2.05, 4.69) is 0 Å². The van der Waals surface area contributed by atoms with Crippen LogP contribution in [0.3, 0.4) is 0 Å². The molecule has 62 valence electrons. The Morgan fingerprint density at radius 3 is 2.60 bits per heavy atom. The van der Waals surface area contributed by atoms with Gasteiger partial charge in [0.1, 0.15) is 0 Å². The second-order valence-electron chi connectivity index (χ2n) is 2.09. The van der Waals surface area contributed by atoms with Crippen LogP contribution in [0, 0.1) is 0 Å². The van der Waals surface area contributed by atoms with Crippen LogP contribution in [-0.2, 0) is 15.8 Å². The standard InChI is InChI=1S/C6H14O3S/c1-3-6(10(7)8)4-5-9-2/h6H,3-5H2,1-2H3,(H,7,8). The predicted molar refractivity (Wildman–Crippen MR) is 41.3 cm³/mol. The highest BCUT2D eigenvalue weighted by atomic mass is 32.2. The number of rotatable bonds is 5. The van der Waals surface area contributed by atoms with E-state index in [-0.39, 0.29) is 5.25 Å². The van der Waals surface area contributed by atoms with Crippen LogP contribution >= 0.6 is 0 Å². The third kappa shape index (κ3) is 3.98. The highest BCUT2D eigenvalue weighted by molar-refractivity contribution is 7.79. The molecule has 10 heavy (non-hydrogen) atoms. The lowest BCUT2D eigenvalue weighted by Crippen LogP contribution is -2.15. The van der Waals surface area contributed by atoms with Crippen LogP contribution in [0.4, 0.5) is 0 Å². The number of methoxy groups -OCH3 is 1. The summed E-state index contributed by atoms with van der Waals surface area (Å²) in [7, 11) is 1.59. The van der Waals surface area contributed by atoms with Gasteiger partial charge in [-0.05, 0) is 12.8 Å². The molecule has 0 heterocycles. The van der Waals surface area contributed by atoms with E-state index < -0.39 is 11.1 Å². The van der Waals surface area contributed by atoms with Crippen LogP contribution < -0.4 is 0 Å². The molecule has 2 atom stereocenters. The molecule has 0 fully saturated rings. The van der Waals surface area contributed by atoms with Gasteiger partial charge in [-0.1, -0.05) is 6.92 Å². The van der Waals surface area contributed by atoms with E-state index >= 15 is 0 Å². The highest BCUT2D eigenvalue weighted by Gasteiger charge is 2.10. The van der Waals surface area contributed by atoms with Crippen molar-refractivity contribution in [2.24, 2.45) is 0 Å². The van der Waals surface area contributed by atoms with Crippen molar-refractivity contribution in [1.29, 1.82) is 0 Å². The zero-order chi connectivity index (χ0) is 7.98. The summed E-state index contributed by atoms with van der Waals surface area (Å²) in [5.74, 6) is 0. The van der Waals surface area contributed by atoms with Gasteiger partial charge in [0.05, 0.1) is 5.25 Å². The summed E-state index contributed by atoms with van der Waals surface area (Å²) in [4.78, 5) is 0. The SMILES string of the molecule is CCC(CCOC)S(=O)O. The molecule has 0 aromatic carbocycles. The van der Waals surface area contributed by atoms with E-state index in [1.54, 1.807) is 7.11 Å². The third-order valence-corrected chi connectivity index (χ3v) is 2.52. The summed E-state index contributed by atoms with van der Waals surface area (Å²) >= 11 is -1.68. The topological polar surface area (TPSA) is 46.5 Å². The minimum absolute atomic E-state index is 0.125. The Labute approximate surface area is 64.1 Å². The predicted octanol–water partition coefficient (Wildman–Crippen LogP) is 1.02. The maximum Gasteiger partial charge on any atom is 0.156 e. The minimum atomic E-state index is -1.68. The molecule has 0 bridgehead atoms. The van der Waals surface area contributed by atoms with Crippen LogP contribution in [0.2, 0.25) is 0 Å². The Morgan fingerprint density at radius 1 is 1.70 bits per heavy atom. The first-order valence-electron chi connectivity index (χ1n) is 3.31. The second-order valence-corrected chi connectivity index (χ2v) is 3.31. The number of hydrogen-bond donors (Lipinski definition) is 1. The lowest BCUT2D eigenvalue weighted by Gasteiger charge is -2.07. The van der Waals surface area contributed by atoms with Gasteiger partial charge < -0.3 is 9.29 Å². The normalized spacial score (nSPS) is 16.7. The van der Waals surface area contributed by atoms with Crippen LogP contribution in [-0.4, -0.2) is 27.7 Å². The molecular weight excluding hydrogens is 152 g/mol. The van der Waals surface area contributed by atoms with Crippen molar-refractivity contribution in [3.8, 4) is 0 Å². The number of hydrogen-bond acceptors (Lipinski definition) is 2. The van der Waals surface area contributed by atoms with Gasteiger partial charge in [-0.3, -0.25) is 0 Å². The Kier molecular flexibility index (Phi) is 5.87. The molecule has 0 aliphatic heterocycles. The van der Waals surface area contributed by atoms with E-state index in [9.17, 15) is 4.21 Å². The molecule has 4 heteroatoms. The molecule has 0 aromatic heterocycles. The van der Waals surface area contributed by atoms with E-state index in [4.69, 9.17) is 9.29 Å². The molecule has 0 saturated heterocycles. The Balaban J connectivity index is 3.50. The van der Waals surface area contributed by atoms with Gasteiger partial charge in [0, 0.05) is 13.7 Å². The fourth-order valence-electron chi connectivity index (χ4n) is 0.697. The van der Waals surface area contributed by atoms with E-state index in [1.165, 1.54) is 0 Å². The van der Waals surface area contributed by atoms with Crippen molar-refractivity contribution in [2.45, 2.75) is 25.0 Å². The molecule has 3 nitrogen and oxygen atoms in total. The quantitative estimate of drug-likeness (QED) is 0.620. The fourth-order valence-corrected chi connectivity index (χ4v) is 1.28. The van der Waals surface area contributed by atoms with E-state index in [0.717, 1.165) is 6.42 Å². The average molecular weight is 166 g/mol. The fraction of sp³-hybridized carbons (Fsp3) is 1.00. The first-order valence-corrected chi connectivity index (χ1v) is 4.48. The summed E-state index contributed by atoms with van der Waals surface area (Å²) in [6.45, 7) is 2.46.